The van der Waals surface area contributed by atoms with Crippen LogP contribution in [0, 0.1) is 0 Å². The van der Waals surface area contributed by atoms with E-state index >= 15 is 0 Å². The zero-order valence-corrected chi connectivity index (χ0v) is 12.4. The predicted octanol–water partition coefficient (Wildman–Crippen LogP) is 1.44. The second-order valence-electron chi connectivity index (χ2n) is 5.58. The third kappa shape index (κ3) is 3.42. The van der Waals surface area contributed by atoms with Gasteiger partial charge in [0.25, 0.3) is 5.56 Å². The highest BCUT2D eigenvalue weighted by Gasteiger charge is 2.14. The molecule has 0 fully saturated rings. The number of aryl methyl sites for hydroxylation is 2. The average molecular weight is 297 g/mol. The largest absolute Gasteiger partial charge is 0.350 e. The van der Waals surface area contributed by atoms with E-state index < -0.39 is 0 Å². The molecular formula is C17H19N3O2. The van der Waals surface area contributed by atoms with Crippen molar-refractivity contribution in [2.75, 3.05) is 0 Å². The van der Waals surface area contributed by atoms with E-state index in [9.17, 15) is 9.59 Å². The highest BCUT2D eigenvalue weighted by Crippen LogP contribution is 2.16. The molecule has 0 unspecified atom stereocenters. The van der Waals surface area contributed by atoms with E-state index in [4.69, 9.17) is 0 Å². The molecule has 0 atom stereocenters. The molecule has 3 rings (SSSR count). The Balaban J connectivity index is 1.65. The van der Waals surface area contributed by atoms with Gasteiger partial charge in [0.1, 0.15) is 6.54 Å². The van der Waals surface area contributed by atoms with Crippen molar-refractivity contribution in [3.05, 3.63) is 63.6 Å². The van der Waals surface area contributed by atoms with Gasteiger partial charge in [-0.3, -0.25) is 9.59 Å². The maximum absolute atomic E-state index is 12.0. The second-order valence-corrected chi connectivity index (χ2v) is 5.58. The third-order valence-corrected chi connectivity index (χ3v) is 3.90. The van der Waals surface area contributed by atoms with Crippen LogP contribution in [-0.2, 0) is 30.7 Å². The summed E-state index contributed by atoms with van der Waals surface area (Å²) in [5.41, 5.74) is 2.83. The van der Waals surface area contributed by atoms with Crippen LogP contribution < -0.4 is 10.9 Å². The number of fused-ring (bicyclic) bond motifs is 1. The number of benzene rings is 1. The molecule has 22 heavy (non-hydrogen) atoms. The van der Waals surface area contributed by atoms with Gasteiger partial charge in [-0.2, -0.15) is 5.10 Å². The van der Waals surface area contributed by atoms with Gasteiger partial charge in [-0.25, -0.2) is 4.68 Å². The minimum Gasteiger partial charge on any atom is -0.350 e. The molecule has 5 nitrogen and oxygen atoms in total. The van der Waals surface area contributed by atoms with Crippen LogP contribution in [0.4, 0.5) is 0 Å². The van der Waals surface area contributed by atoms with Gasteiger partial charge in [-0.05, 0) is 36.8 Å². The van der Waals surface area contributed by atoms with Crippen molar-refractivity contribution in [3.8, 4) is 0 Å². The van der Waals surface area contributed by atoms with Gasteiger partial charge >= 0.3 is 0 Å². The van der Waals surface area contributed by atoms with E-state index in [-0.39, 0.29) is 18.0 Å². The van der Waals surface area contributed by atoms with Crippen molar-refractivity contribution < 1.29 is 4.79 Å². The minimum absolute atomic E-state index is 0.0288. The van der Waals surface area contributed by atoms with Crippen LogP contribution in [0.3, 0.4) is 0 Å². The topological polar surface area (TPSA) is 64.0 Å². The summed E-state index contributed by atoms with van der Waals surface area (Å²) in [5.74, 6) is -0.200. The minimum atomic E-state index is -0.200. The third-order valence-electron chi connectivity index (χ3n) is 3.90. The number of aromatic nitrogens is 2. The number of rotatable bonds is 4. The van der Waals surface area contributed by atoms with Gasteiger partial charge < -0.3 is 5.32 Å². The van der Waals surface area contributed by atoms with Crippen LogP contribution in [0.5, 0.6) is 0 Å². The molecule has 0 aliphatic heterocycles. The van der Waals surface area contributed by atoms with Gasteiger partial charge in [0.05, 0.1) is 5.69 Å². The fourth-order valence-electron chi connectivity index (χ4n) is 2.70. The molecule has 1 aliphatic carbocycles. The molecule has 1 N–H and O–H groups in total. The highest BCUT2D eigenvalue weighted by molar-refractivity contribution is 5.75. The predicted molar refractivity (Wildman–Crippen MR) is 83.4 cm³/mol. The fraction of sp³-hybridized carbons (Fsp3) is 0.353. The smallest absolute Gasteiger partial charge is 0.267 e. The number of amides is 1. The molecule has 1 aliphatic rings. The lowest BCUT2D eigenvalue weighted by atomic mass is 9.97. The zero-order valence-electron chi connectivity index (χ0n) is 12.4. The van der Waals surface area contributed by atoms with Crippen molar-refractivity contribution in [1.82, 2.24) is 15.1 Å². The number of nitrogens with one attached hydrogen (secondary N) is 1. The van der Waals surface area contributed by atoms with Gasteiger partial charge in [0.2, 0.25) is 5.91 Å². The van der Waals surface area contributed by atoms with Crippen molar-refractivity contribution in [2.45, 2.75) is 38.8 Å². The van der Waals surface area contributed by atoms with E-state index in [0.29, 0.717) is 6.54 Å². The molecule has 5 heteroatoms. The first-order chi connectivity index (χ1) is 10.7. The molecule has 0 saturated heterocycles. The van der Waals surface area contributed by atoms with E-state index in [1.165, 1.54) is 4.68 Å². The van der Waals surface area contributed by atoms with Gasteiger partial charge in [0, 0.05) is 12.6 Å². The Morgan fingerprint density at radius 3 is 2.77 bits per heavy atom. The van der Waals surface area contributed by atoms with Crippen LogP contribution in [-0.4, -0.2) is 15.7 Å². The number of carbonyl (C=O) groups is 1. The average Bonchev–Trinajstić information content (AvgIpc) is 2.55. The maximum Gasteiger partial charge on any atom is 0.267 e. The summed E-state index contributed by atoms with van der Waals surface area (Å²) in [6.45, 7) is 0.429. The number of hydrogen-bond acceptors (Lipinski definition) is 3. The standard InChI is InChI=1S/C17H19N3O2/c21-16(18-11-13-6-2-1-3-7-13)12-20-17(22)10-14-8-4-5-9-15(14)19-20/h1-3,6-7,10H,4-5,8-9,11-12H2,(H,18,21). The van der Waals surface area contributed by atoms with Crippen LogP contribution >= 0.6 is 0 Å². The van der Waals surface area contributed by atoms with E-state index in [2.05, 4.69) is 10.4 Å². The van der Waals surface area contributed by atoms with Gasteiger partial charge in [-0.15, -0.1) is 0 Å². The summed E-state index contributed by atoms with van der Waals surface area (Å²) in [6.07, 6.45) is 4.01. The fourth-order valence-corrected chi connectivity index (χ4v) is 2.70. The molecule has 0 spiro atoms. The molecule has 1 amide bonds. The summed E-state index contributed by atoms with van der Waals surface area (Å²) in [5, 5.41) is 7.17. The van der Waals surface area contributed by atoms with Crippen LogP contribution in [0.1, 0.15) is 29.7 Å². The SMILES string of the molecule is O=C(Cn1nc2c(cc1=O)CCCC2)NCc1ccccc1. The molecule has 0 saturated carbocycles. The lowest BCUT2D eigenvalue weighted by Gasteiger charge is -2.15. The molecular weight excluding hydrogens is 278 g/mol. The summed E-state index contributed by atoms with van der Waals surface area (Å²) < 4.78 is 1.27. The van der Waals surface area contributed by atoms with Gasteiger partial charge in [-0.1, -0.05) is 30.3 Å². The lowest BCUT2D eigenvalue weighted by molar-refractivity contribution is -0.122. The van der Waals surface area contributed by atoms with E-state index in [0.717, 1.165) is 42.5 Å². The Kier molecular flexibility index (Phi) is 4.32. The first-order valence-electron chi connectivity index (χ1n) is 7.63. The molecule has 0 bridgehead atoms. The first-order valence-corrected chi connectivity index (χ1v) is 7.63. The van der Waals surface area contributed by atoms with Crippen LogP contribution in [0.15, 0.2) is 41.2 Å². The molecule has 1 aromatic heterocycles. The molecule has 0 radical (unpaired) electrons. The first kappa shape index (κ1) is 14.5. The Morgan fingerprint density at radius 2 is 1.95 bits per heavy atom. The molecule has 2 aromatic rings. The quantitative estimate of drug-likeness (QED) is 0.928. The number of carbonyl (C=O) groups excluding carboxylic acids is 1. The van der Waals surface area contributed by atoms with Crippen molar-refractivity contribution in [3.63, 3.8) is 0 Å². The van der Waals surface area contributed by atoms with E-state index in [1.807, 2.05) is 30.3 Å². The van der Waals surface area contributed by atoms with Crippen LogP contribution in [0.2, 0.25) is 0 Å². The number of nitrogens with zero attached hydrogens (tertiary/aromatic N) is 2. The van der Waals surface area contributed by atoms with E-state index in [1.54, 1.807) is 6.07 Å². The lowest BCUT2D eigenvalue weighted by Crippen LogP contribution is -2.34. The van der Waals surface area contributed by atoms with Crippen LogP contribution in [0.25, 0.3) is 0 Å². The summed E-state index contributed by atoms with van der Waals surface area (Å²) in [7, 11) is 0. The summed E-state index contributed by atoms with van der Waals surface area (Å²) in [4.78, 5) is 24.0. The molecule has 114 valence electrons. The summed E-state index contributed by atoms with van der Waals surface area (Å²) >= 11 is 0. The zero-order chi connectivity index (χ0) is 15.4. The Labute approximate surface area is 129 Å². The Morgan fingerprint density at radius 1 is 1.18 bits per heavy atom. The Hall–Kier alpha value is -2.43. The van der Waals surface area contributed by atoms with Crippen molar-refractivity contribution >= 4 is 5.91 Å². The Bertz CT molecular complexity index is 722. The normalized spacial score (nSPS) is 13.5. The highest BCUT2D eigenvalue weighted by atomic mass is 16.2. The van der Waals surface area contributed by atoms with Crippen molar-refractivity contribution in [2.24, 2.45) is 0 Å². The molecule has 1 heterocycles. The monoisotopic (exact) mass is 297 g/mol. The second kappa shape index (κ2) is 6.56. The maximum atomic E-state index is 12.0. The molecule has 1 aromatic carbocycles. The number of hydrogen-bond donors (Lipinski definition) is 1. The van der Waals surface area contributed by atoms with Gasteiger partial charge in [0.15, 0.2) is 0 Å². The summed E-state index contributed by atoms with van der Waals surface area (Å²) in [6, 6.07) is 11.3. The van der Waals surface area contributed by atoms with Crippen molar-refractivity contribution in [1.29, 1.82) is 0 Å².